The number of benzene rings is 2. The standard InChI is InChI=1S/C30H34N4O/c1-19-27(20(2)34(33-19)22-7-5-4-6-8-22)18-31-32-29-14-13-28-26-11-9-21-17-23(35)10-12-24(21)25(26)15-16-30(28,29)3/h4-8,10,12,17-18,25-26,28,35H,9,11,13-16H2,1-3H3/b31-18-,32-29-/t25-,26-,28+,30-/m0/s1. The number of fused-ring (bicyclic) bond motifs is 5. The Morgan fingerprint density at radius 3 is 2.71 bits per heavy atom. The van der Waals surface area contributed by atoms with Crippen molar-refractivity contribution < 1.29 is 5.11 Å². The van der Waals surface area contributed by atoms with Gasteiger partial charge in [0.2, 0.25) is 0 Å². The summed E-state index contributed by atoms with van der Waals surface area (Å²) < 4.78 is 1.98. The first-order valence-corrected chi connectivity index (χ1v) is 13.0. The van der Waals surface area contributed by atoms with E-state index in [1.165, 1.54) is 36.1 Å². The Hall–Kier alpha value is -3.21. The van der Waals surface area contributed by atoms with Gasteiger partial charge in [-0.05, 0) is 106 Å². The summed E-state index contributed by atoms with van der Waals surface area (Å²) in [4.78, 5) is 0. The zero-order valence-corrected chi connectivity index (χ0v) is 20.9. The number of nitrogens with zero attached hydrogens (tertiary/aromatic N) is 4. The highest BCUT2D eigenvalue weighted by molar-refractivity contribution is 5.93. The van der Waals surface area contributed by atoms with Crippen molar-refractivity contribution in [1.29, 1.82) is 0 Å². The lowest BCUT2D eigenvalue weighted by atomic mass is 9.55. The van der Waals surface area contributed by atoms with E-state index in [4.69, 9.17) is 10.2 Å². The Labute approximate surface area is 207 Å². The molecule has 0 aliphatic heterocycles. The minimum absolute atomic E-state index is 0.144. The van der Waals surface area contributed by atoms with Gasteiger partial charge >= 0.3 is 0 Å². The van der Waals surface area contributed by atoms with Crippen LogP contribution in [0.1, 0.15) is 73.0 Å². The van der Waals surface area contributed by atoms with Crippen LogP contribution in [0.2, 0.25) is 0 Å². The van der Waals surface area contributed by atoms with Gasteiger partial charge in [0.05, 0.1) is 23.3 Å². The van der Waals surface area contributed by atoms with E-state index in [9.17, 15) is 5.11 Å². The van der Waals surface area contributed by atoms with Crippen LogP contribution in [0.4, 0.5) is 0 Å². The molecule has 180 valence electrons. The lowest BCUT2D eigenvalue weighted by molar-refractivity contribution is 0.0955. The second-order valence-electron chi connectivity index (χ2n) is 10.9. The van der Waals surface area contributed by atoms with E-state index in [1.807, 2.05) is 48.2 Å². The molecule has 3 aliphatic rings. The van der Waals surface area contributed by atoms with Gasteiger partial charge in [0.25, 0.3) is 0 Å². The fourth-order valence-corrected chi connectivity index (χ4v) is 7.34. The van der Waals surface area contributed by atoms with Crippen molar-refractivity contribution in [3.63, 3.8) is 0 Å². The van der Waals surface area contributed by atoms with E-state index in [1.54, 1.807) is 0 Å². The van der Waals surface area contributed by atoms with E-state index in [0.717, 1.165) is 41.9 Å². The first-order chi connectivity index (χ1) is 17.0. The van der Waals surface area contributed by atoms with Gasteiger partial charge in [-0.3, -0.25) is 0 Å². The first-order valence-electron chi connectivity index (χ1n) is 13.0. The van der Waals surface area contributed by atoms with Crippen molar-refractivity contribution in [1.82, 2.24) is 9.78 Å². The second-order valence-corrected chi connectivity index (χ2v) is 10.9. The molecule has 1 aromatic heterocycles. The quantitative estimate of drug-likeness (QED) is 0.352. The molecule has 0 spiro atoms. The van der Waals surface area contributed by atoms with Gasteiger partial charge in [0, 0.05) is 16.7 Å². The zero-order chi connectivity index (χ0) is 24.2. The molecule has 1 N–H and O–H groups in total. The predicted molar refractivity (Wildman–Crippen MR) is 141 cm³/mol. The van der Waals surface area contributed by atoms with Crippen LogP contribution in [0, 0.1) is 31.1 Å². The van der Waals surface area contributed by atoms with Crippen LogP contribution in [-0.4, -0.2) is 26.8 Å². The van der Waals surface area contributed by atoms with Crippen LogP contribution < -0.4 is 0 Å². The van der Waals surface area contributed by atoms with Crippen molar-refractivity contribution in [3.8, 4) is 11.4 Å². The molecule has 5 nitrogen and oxygen atoms in total. The molecule has 0 amide bonds. The zero-order valence-electron chi connectivity index (χ0n) is 20.9. The topological polar surface area (TPSA) is 62.8 Å². The number of hydrogen-bond donors (Lipinski definition) is 1. The number of para-hydroxylation sites is 1. The number of aromatic hydroxyl groups is 1. The molecule has 1 heterocycles. The maximum Gasteiger partial charge on any atom is 0.115 e. The average molecular weight is 467 g/mol. The average Bonchev–Trinajstić information content (AvgIpc) is 3.35. The lowest BCUT2D eigenvalue weighted by Gasteiger charge is -2.49. The van der Waals surface area contributed by atoms with Crippen molar-refractivity contribution >= 4 is 11.9 Å². The maximum atomic E-state index is 9.93. The molecular weight excluding hydrogens is 432 g/mol. The molecule has 0 unspecified atom stereocenters. The molecule has 2 saturated carbocycles. The highest BCUT2D eigenvalue weighted by atomic mass is 16.3. The third kappa shape index (κ3) is 3.64. The summed E-state index contributed by atoms with van der Waals surface area (Å²) in [5, 5.41) is 24.1. The highest BCUT2D eigenvalue weighted by Gasteiger charge is 2.53. The van der Waals surface area contributed by atoms with Crippen molar-refractivity contribution in [2.24, 2.45) is 27.5 Å². The van der Waals surface area contributed by atoms with Gasteiger partial charge in [0.15, 0.2) is 0 Å². The summed E-state index contributed by atoms with van der Waals surface area (Å²) >= 11 is 0. The minimum atomic E-state index is 0.144. The number of hydrogen-bond acceptors (Lipinski definition) is 4. The molecule has 0 radical (unpaired) electrons. The Balaban J connectivity index is 1.24. The Bertz CT molecular complexity index is 1320. The van der Waals surface area contributed by atoms with E-state index < -0.39 is 0 Å². The smallest absolute Gasteiger partial charge is 0.115 e. The third-order valence-electron chi connectivity index (χ3n) is 9.16. The van der Waals surface area contributed by atoms with E-state index in [-0.39, 0.29) is 5.41 Å². The molecule has 2 fully saturated rings. The van der Waals surface area contributed by atoms with Gasteiger partial charge in [-0.25, -0.2) is 4.68 Å². The minimum Gasteiger partial charge on any atom is -0.508 e. The van der Waals surface area contributed by atoms with Crippen LogP contribution >= 0.6 is 0 Å². The molecule has 6 rings (SSSR count). The SMILES string of the molecule is Cc1nn(-c2ccccc2)c(C)c1/C=N\N=C1\CC[C@@H]2[C@H]3CCc4cc(O)ccc4[C@@H]3CC[C@]12C. The van der Waals surface area contributed by atoms with Crippen LogP contribution in [0.3, 0.4) is 0 Å². The number of aromatic nitrogens is 2. The highest BCUT2D eigenvalue weighted by Crippen LogP contribution is 2.60. The fourth-order valence-electron chi connectivity index (χ4n) is 7.34. The van der Waals surface area contributed by atoms with Gasteiger partial charge < -0.3 is 5.11 Å². The van der Waals surface area contributed by atoms with Crippen LogP contribution in [0.25, 0.3) is 5.69 Å². The molecule has 35 heavy (non-hydrogen) atoms. The molecule has 2 aromatic carbocycles. The molecule has 3 aliphatic carbocycles. The summed E-state index contributed by atoms with van der Waals surface area (Å²) in [6.07, 6.45) is 8.81. The largest absolute Gasteiger partial charge is 0.508 e. The van der Waals surface area contributed by atoms with E-state index >= 15 is 0 Å². The molecule has 0 saturated heterocycles. The van der Waals surface area contributed by atoms with Gasteiger partial charge in [0.1, 0.15) is 5.75 Å². The third-order valence-corrected chi connectivity index (χ3v) is 9.16. The van der Waals surface area contributed by atoms with Crippen molar-refractivity contribution in [2.75, 3.05) is 0 Å². The Morgan fingerprint density at radius 1 is 1.06 bits per heavy atom. The molecule has 4 atom stereocenters. The van der Waals surface area contributed by atoms with E-state index in [2.05, 4.69) is 37.1 Å². The molecular formula is C30H34N4O. The van der Waals surface area contributed by atoms with Crippen LogP contribution in [0.5, 0.6) is 5.75 Å². The normalized spacial score (nSPS) is 28.8. The summed E-state index contributed by atoms with van der Waals surface area (Å²) in [5.74, 6) is 2.39. The van der Waals surface area contributed by atoms with Crippen LogP contribution in [0.15, 0.2) is 58.7 Å². The van der Waals surface area contributed by atoms with Gasteiger partial charge in [-0.15, -0.1) is 0 Å². The Kier molecular flexibility index (Phi) is 5.39. The summed E-state index contributed by atoms with van der Waals surface area (Å²) in [6, 6.07) is 16.3. The number of phenols is 1. The van der Waals surface area contributed by atoms with Crippen LogP contribution in [-0.2, 0) is 6.42 Å². The second kappa shape index (κ2) is 8.47. The lowest BCUT2D eigenvalue weighted by Crippen LogP contribution is -2.42. The summed E-state index contributed by atoms with van der Waals surface area (Å²) in [6.45, 7) is 6.57. The fraction of sp³-hybridized carbons (Fsp3) is 0.433. The summed E-state index contributed by atoms with van der Waals surface area (Å²) in [7, 11) is 0. The molecule has 3 aromatic rings. The van der Waals surface area contributed by atoms with Gasteiger partial charge in [-0.2, -0.15) is 15.3 Å². The maximum absolute atomic E-state index is 9.93. The van der Waals surface area contributed by atoms with Gasteiger partial charge in [-0.1, -0.05) is 31.2 Å². The molecule has 0 bridgehead atoms. The first kappa shape index (κ1) is 22.3. The number of rotatable bonds is 3. The van der Waals surface area contributed by atoms with Crippen molar-refractivity contribution in [2.45, 2.75) is 65.2 Å². The number of aryl methyl sites for hydroxylation is 2. The number of phenolic OH excluding ortho intramolecular Hbond substituents is 1. The van der Waals surface area contributed by atoms with E-state index in [0.29, 0.717) is 23.5 Å². The molecule has 5 heteroatoms. The Morgan fingerprint density at radius 2 is 1.89 bits per heavy atom. The van der Waals surface area contributed by atoms with Crippen molar-refractivity contribution in [3.05, 3.63) is 76.6 Å². The summed E-state index contributed by atoms with van der Waals surface area (Å²) in [5.41, 5.74) is 8.42. The predicted octanol–water partition coefficient (Wildman–Crippen LogP) is 6.53. The monoisotopic (exact) mass is 466 g/mol.